The third-order valence-electron chi connectivity index (χ3n) is 4.28. The lowest BCUT2D eigenvalue weighted by molar-refractivity contribution is 0.0893. The Balaban J connectivity index is 1.36. The molecule has 0 bridgehead atoms. The molecule has 1 unspecified atom stereocenters. The van der Waals surface area contributed by atoms with Gasteiger partial charge in [0.1, 0.15) is 18.2 Å². The Morgan fingerprint density at radius 1 is 1.30 bits per heavy atom. The second-order valence-electron chi connectivity index (χ2n) is 6.30. The van der Waals surface area contributed by atoms with E-state index in [1.807, 2.05) is 35.0 Å². The summed E-state index contributed by atoms with van der Waals surface area (Å²) in [6, 6.07) is 12.5. The van der Waals surface area contributed by atoms with Crippen LogP contribution in [0.15, 0.2) is 46.9 Å². The summed E-state index contributed by atoms with van der Waals surface area (Å²) in [5.41, 5.74) is 0. The predicted molar refractivity (Wildman–Crippen MR) is 95.5 cm³/mol. The highest BCUT2D eigenvalue weighted by Crippen LogP contribution is 2.23. The molecule has 2 aromatic heterocycles. The first-order chi connectivity index (χ1) is 13.2. The van der Waals surface area contributed by atoms with Gasteiger partial charge in [0.05, 0.1) is 6.54 Å². The fraction of sp³-hybridized carbons (Fsp3) is 0.316. The molecule has 27 heavy (non-hydrogen) atoms. The molecule has 1 aromatic carbocycles. The van der Waals surface area contributed by atoms with Gasteiger partial charge in [0.25, 0.3) is 11.9 Å². The van der Waals surface area contributed by atoms with Gasteiger partial charge in [-0.05, 0) is 24.6 Å². The van der Waals surface area contributed by atoms with Gasteiger partial charge in [0.2, 0.25) is 0 Å². The summed E-state index contributed by atoms with van der Waals surface area (Å²) in [7, 11) is 1.61. The maximum Gasteiger partial charge on any atom is 0.290 e. The van der Waals surface area contributed by atoms with Crippen molar-refractivity contribution in [3.8, 4) is 11.7 Å². The molecule has 4 rings (SSSR count). The Kier molecular flexibility index (Phi) is 4.88. The number of rotatable bonds is 6. The molecule has 8 heteroatoms. The van der Waals surface area contributed by atoms with Crippen molar-refractivity contribution >= 4 is 5.91 Å². The van der Waals surface area contributed by atoms with Crippen molar-refractivity contribution in [3.63, 3.8) is 0 Å². The molecule has 140 valence electrons. The van der Waals surface area contributed by atoms with Crippen molar-refractivity contribution in [2.45, 2.75) is 32.0 Å². The van der Waals surface area contributed by atoms with Crippen LogP contribution in [0.25, 0.3) is 0 Å². The molecule has 1 aliphatic rings. The molecule has 0 aliphatic carbocycles. The van der Waals surface area contributed by atoms with Crippen molar-refractivity contribution in [2.24, 2.45) is 0 Å². The standard InChI is InChI=1S/C19H20N4O4/c1-25-12-16-21-17-9-7-13(11-23(17)22-16)20-19(24)15-8-10-18(27-15)26-14-5-3-2-4-6-14/h2-6,8,10,13H,7,9,11-12H2,1H3,(H,20,24). The molecule has 1 amide bonds. The van der Waals surface area contributed by atoms with Crippen LogP contribution in [0, 0.1) is 0 Å². The summed E-state index contributed by atoms with van der Waals surface area (Å²) >= 11 is 0. The molecule has 1 N–H and O–H groups in total. The van der Waals surface area contributed by atoms with E-state index in [-0.39, 0.29) is 23.7 Å². The zero-order valence-electron chi connectivity index (χ0n) is 14.9. The number of nitrogens with one attached hydrogen (secondary N) is 1. The number of aryl methyl sites for hydroxylation is 1. The van der Waals surface area contributed by atoms with Gasteiger partial charge in [0.15, 0.2) is 11.6 Å². The fourth-order valence-electron chi connectivity index (χ4n) is 3.03. The molecular weight excluding hydrogens is 348 g/mol. The summed E-state index contributed by atoms with van der Waals surface area (Å²) in [4.78, 5) is 16.9. The van der Waals surface area contributed by atoms with Crippen molar-refractivity contribution in [3.05, 3.63) is 59.9 Å². The summed E-state index contributed by atoms with van der Waals surface area (Å²) in [6.45, 7) is 0.958. The van der Waals surface area contributed by atoms with Crippen LogP contribution in [0.1, 0.15) is 28.6 Å². The molecular formula is C19H20N4O4. The highest BCUT2D eigenvalue weighted by atomic mass is 16.6. The van der Waals surface area contributed by atoms with E-state index in [1.54, 1.807) is 19.2 Å². The van der Waals surface area contributed by atoms with Crippen molar-refractivity contribution in [2.75, 3.05) is 7.11 Å². The lowest BCUT2D eigenvalue weighted by Crippen LogP contribution is -2.41. The SMILES string of the molecule is COCc1nc2n(n1)CC(NC(=O)c1ccc(Oc3ccccc3)o1)CC2. The molecule has 8 nitrogen and oxygen atoms in total. The Labute approximate surface area is 156 Å². The number of carbonyl (C=O) groups excluding carboxylic acids is 1. The molecule has 1 atom stereocenters. The van der Waals surface area contributed by atoms with Crippen LogP contribution in [0.5, 0.6) is 11.7 Å². The fourth-order valence-corrected chi connectivity index (χ4v) is 3.03. The summed E-state index contributed by atoms with van der Waals surface area (Å²) in [5.74, 6) is 2.45. The maximum absolute atomic E-state index is 12.5. The Bertz CT molecular complexity index is 919. The third kappa shape index (κ3) is 4.01. The van der Waals surface area contributed by atoms with Gasteiger partial charge >= 0.3 is 0 Å². The van der Waals surface area contributed by atoms with Gasteiger partial charge < -0.3 is 19.2 Å². The quantitative estimate of drug-likeness (QED) is 0.719. The largest absolute Gasteiger partial charge is 0.426 e. The zero-order chi connectivity index (χ0) is 18.6. The van der Waals surface area contributed by atoms with E-state index in [0.717, 1.165) is 18.7 Å². The first-order valence-electron chi connectivity index (χ1n) is 8.76. The monoisotopic (exact) mass is 368 g/mol. The van der Waals surface area contributed by atoms with Gasteiger partial charge in [-0.3, -0.25) is 4.79 Å². The van der Waals surface area contributed by atoms with Gasteiger partial charge in [0, 0.05) is 25.6 Å². The van der Waals surface area contributed by atoms with Crippen molar-refractivity contribution in [1.82, 2.24) is 20.1 Å². The summed E-state index contributed by atoms with van der Waals surface area (Å²) in [6.07, 6.45) is 1.55. The predicted octanol–water partition coefficient (Wildman–Crippen LogP) is 2.55. The Morgan fingerprint density at radius 2 is 2.15 bits per heavy atom. The first-order valence-corrected chi connectivity index (χ1v) is 8.76. The molecule has 0 saturated heterocycles. The van der Waals surface area contributed by atoms with Gasteiger partial charge in [-0.25, -0.2) is 9.67 Å². The van der Waals surface area contributed by atoms with Gasteiger partial charge in [-0.2, -0.15) is 5.10 Å². The van der Waals surface area contributed by atoms with Crippen LogP contribution in [-0.4, -0.2) is 33.8 Å². The normalized spacial score (nSPS) is 16.0. The molecule has 0 radical (unpaired) electrons. The first kappa shape index (κ1) is 17.3. The topological polar surface area (TPSA) is 91.4 Å². The highest BCUT2D eigenvalue weighted by Gasteiger charge is 2.24. The second-order valence-corrected chi connectivity index (χ2v) is 6.30. The number of nitrogens with zero attached hydrogens (tertiary/aromatic N) is 3. The van der Waals surface area contributed by atoms with E-state index in [0.29, 0.717) is 24.7 Å². The Morgan fingerprint density at radius 3 is 2.96 bits per heavy atom. The zero-order valence-corrected chi connectivity index (χ0v) is 14.9. The Hall–Kier alpha value is -3.13. The maximum atomic E-state index is 12.5. The van der Waals surface area contributed by atoms with Crippen molar-refractivity contribution < 1.29 is 18.7 Å². The minimum absolute atomic E-state index is 0.0364. The van der Waals surface area contributed by atoms with Crippen LogP contribution < -0.4 is 10.1 Å². The van der Waals surface area contributed by atoms with Crippen LogP contribution in [0.4, 0.5) is 0 Å². The number of hydrogen-bond donors (Lipinski definition) is 1. The van der Waals surface area contributed by atoms with Gasteiger partial charge in [-0.15, -0.1) is 0 Å². The molecule has 0 spiro atoms. The second kappa shape index (κ2) is 7.63. The smallest absolute Gasteiger partial charge is 0.290 e. The average molecular weight is 368 g/mol. The number of aromatic nitrogens is 3. The summed E-state index contributed by atoms with van der Waals surface area (Å²) < 4.78 is 18.0. The van der Waals surface area contributed by atoms with E-state index in [9.17, 15) is 4.79 Å². The molecule has 0 saturated carbocycles. The molecule has 3 aromatic rings. The molecule has 0 fully saturated rings. The van der Waals surface area contributed by atoms with Crippen LogP contribution in [0.3, 0.4) is 0 Å². The number of hydrogen-bond acceptors (Lipinski definition) is 6. The van der Waals surface area contributed by atoms with E-state index in [2.05, 4.69) is 15.4 Å². The number of para-hydroxylation sites is 1. The van der Waals surface area contributed by atoms with Crippen molar-refractivity contribution in [1.29, 1.82) is 0 Å². The van der Waals surface area contributed by atoms with E-state index < -0.39 is 0 Å². The third-order valence-corrected chi connectivity index (χ3v) is 4.28. The average Bonchev–Trinajstić information content (AvgIpc) is 3.29. The van der Waals surface area contributed by atoms with Crippen LogP contribution in [0.2, 0.25) is 0 Å². The number of ether oxygens (including phenoxy) is 2. The minimum Gasteiger partial charge on any atom is -0.426 e. The molecule has 1 aliphatic heterocycles. The lowest BCUT2D eigenvalue weighted by Gasteiger charge is -2.23. The summed E-state index contributed by atoms with van der Waals surface area (Å²) in [5, 5.41) is 7.39. The van der Waals surface area contributed by atoms with Gasteiger partial charge in [-0.1, -0.05) is 18.2 Å². The van der Waals surface area contributed by atoms with Crippen LogP contribution >= 0.6 is 0 Å². The number of furan rings is 1. The highest BCUT2D eigenvalue weighted by molar-refractivity contribution is 5.91. The lowest BCUT2D eigenvalue weighted by atomic mass is 10.1. The van der Waals surface area contributed by atoms with Crippen LogP contribution in [-0.2, 0) is 24.3 Å². The molecule has 3 heterocycles. The number of fused-ring (bicyclic) bond motifs is 1. The van der Waals surface area contributed by atoms with E-state index in [1.165, 1.54) is 0 Å². The number of benzene rings is 1. The van der Waals surface area contributed by atoms with E-state index >= 15 is 0 Å². The number of methoxy groups -OCH3 is 1. The number of amides is 1. The number of carbonyl (C=O) groups is 1. The minimum atomic E-state index is -0.274. The van der Waals surface area contributed by atoms with E-state index in [4.69, 9.17) is 13.9 Å².